The third-order valence-electron chi connectivity index (χ3n) is 4.11. The summed E-state index contributed by atoms with van der Waals surface area (Å²) in [6.45, 7) is 5.48. The standard InChI is InChI=1S/C22H28BrNO3/c1-3-5-14-26-19-11-9-18(10-12-19)24-22(25)7-6-15-27-21-13-8-17(4-2)16-20(21)23/h8-13,16H,3-7,14-15H2,1-2H3,(H,24,25). The van der Waals surface area contributed by atoms with Gasteiger partial charge in [-0.15, -0.1) is 0 Å². The molecule has 5 heteroatoms. The zero-order valence-electron chi connectivity index (χ0n) is 16.1. The summed E-state index contributed by atoms with van der Waals surface area (Å²) < 4.78 is 12.3. The summed E-state index contributed by atoms with van der Waals surface area (Å²) in [5, 5.41) is 2.90. The number of unbranched alkanes of at least 4 members (excludes halogenated alkanes) is 1. The number of ether oxygens (including phenoxy) is 2. The monoisotopic (exact) mass is 433 g/mol. The lowest BCUT2D eigenvalue weighted by Gasteiger charge is -2.10. The van der Waals surface area contributed by atoms with E-state index < -0.39 is 0 Å². The number of benzene rings is 2. The molecule has 1 N–H and O–H groups in total. The van der Waals surface area contributed by atoms with Crippen LogP contribution >= 0.6 is 15.9 Å². The van der Waals surface area contributed by atoms with E-state index in [0.717, 1.165) is 47.5 Å². The van der Waals surface area contributed by atoms with E-state index in [-0.39, 0.29) is 5.91 Å². The summed E-state index contributed by atoms with van der Waals surface area (Å²) >= 11 is 3.52. The molecule has 0 unspecified atom stereocenters. The van der Waals surface area contributed by atoms with Crippen molar-refractivity contribution in [3.63, 3.8) is 0 Å². The number of halogens is 1. The SMILES string of the molecule is CCCCOc1ccc(NC(=O)CCCOc2ccc(CC)cc2Br)cc1. The number of carbonyl (C=O) groups excluding carboxylic acids is 1. The number of nitrogens with one attached hydrogen (secondary N) is 1. The molecule has 0 aliphatic heterocycles. The molecule has 1 amide bonds. The van der Waals surface area contributed by atoms with E-state index in [4.69, 9.17) is 9.47 Å². The third-order valence-corrected chi connectivity index (χ3v) is 4.73. The lowest BCUT2D eigenvalue weighted by atomic mass is 10.2. The Kier molecular flexibility index (Phi) is 9.19. The van der Waals surface area contributed by atoms with Crippen molar-refractivity contribution in [3.8, 4) is 11.5 Å². The van der Waals surface area contributed by atoms with E-state index >= 15 is 0 Å². The summed E-state index contributed by atoms with van der Waals surface area (Å²) in [5.41, 5.74) is 2.04. The molecule has 0 aromatic heterocycles. The van der Waals surface area contributed by atoms with Gasteiger partial charge in [0.2, 0.25) is 5.91 Å². The Bertz CT molecular complexity index is 716. The molecule has 27 heavy (non-hydrogen) atoms. The number of hydrogen-bond donors (Lipinski definition) is 1. The number of aryl methyl sites for hydroxylation is 1. The molecule has 146 valence electrons. The van der Waals surface area contributed by atoms with Crippen LogP contribution in [0.25, 0.3) is 0 Å². The van der Waals surface area contributed by atoms with Crippen molar-refractivity contribution in [2.45, 2.75) is 46.0 Å². The fraction of sp³-hybridized carbons (Fsp3) is 0.409. The Morgan fingerprint density at radius 3 is 2.41 bits per heavy atom. The largest absolute Gasteiger partial charge is 0.494 e. The van der Waals surface area contributed by atoms with Gasteiger partial charge in [0, 0.05) is 12.1 Å². The van der Waals surface area contributed by atoms with Gasteiger partial charge in [0.05, 0.1) is 17.7 Å². The number of rotatable bonds is 11. The molecule has 0 fully saturated rings. The fourth-order valence-corrected chi connectivity index (χ4v) is 3.03. The normalized spacial score (nSPS) is 10.5. The molecule has 0 saturated carbocycles. The minimum Gasteiger partial charge on any atom is -0.494 e. The van der Waals surface area contributed by atoms with Crippen LogP contribution in [-0.2, 0) is 11.2 Å². The average molecular weight is 434 g/mol. The van der Waals surface area contributed by atoms with E-state index in [0.29, 0.717) is 19.4 Å². The minimum atomic E-state index is -0.0151. The zero-order chi connectivity index (χ0) is 19.5. The average Bonchev–Trinajstić information content (AvgIpc) is 2.67. The molecule has 0 aliphatic carbocycles. The van der Waals surface area contributed by atoms with Crippen molar-refractivity contribution in [2.75, 3.05) is 18.5 Å². The van der Waals surface area contributed by atoms with E-state index in [2.05, 4.69) is 47.2 Å². The van der Waals surface area contributed by atoms with Gasteiger partial charge in [0.1, 0.15) is 11.5 Å². The molecule has 4 nitrogen and oxygen atoms in total. The van der Waals surface area contributed by atoms with Gasteiger partial charge >= 0.3 is 0 Å². The number of anilines is 1. The van der Waals surface area contributed by atoms with Gasteiger partial charge in [-0.25, -0.2) is 0 Å². The quantitative estimate of drug-likeness (QED) is 0.442. The third kappa shape index (κ3) is 7.63. The number of hydrogen-bond acceptors (Lipinski definition) is 3. The van der Waals surface area contributed by atoms with Crippen LogP contribution < -0.4 is 14.8 Å². The van der Waals surface area contributed by atoms with Gasteiger partial charge in [0.15, 0.2) is 0 Å². The van der Waals surface area contributed by atoms with Crippen molar-refractivity contribution >= 4 is 27.5 Å². The van der Waals surface area contributed by atoms with Crippen LogP contribution in [0.15, 0.2) is 46.9 Å². The zero-order valence-corrected chi connectivity index (χ0v) is 17.7. The predicted molar refractivity (Wildman–Crippen MR) is 114 cm³/mol. The van der Waals surface area contributed by atoms with Crippen LogP contribution in [0.5, 0.6) is 11.5 Å². The molecule has 0 spiro atoms. The first-order valence-electron chi connectivity index (χ1n) is 9.56. The molecule has 2 aromatic carbocycles. The second-order valence-electron chi connectivity index (χ2n) is 6.34. The van der Waals surface area contributed by atoms with Gasteiger partial charge < -0.3 is 14.8 Å². The van der Waals surface area contributed by atoms with Crippen molar-refractivity contribution in [2.24, 2.45) is 0 Å². The summed E-state index contributed by atoms with van der Waals surface area (Å²) in [7, 11) is 0. The predicted octanol–water partition coefficient (Wildman–Crippen LogP) is 5.99. The molecule has 0 radical (unpaired) electrons. The number of amides is 1. The van der Waals surface area contributed by atoms with Crippen LogP contribution in [0.1, 0.15) is 45.1 Å². The van der Waals surface area contributed by atoms with Gasteiger partial charge in [-0.05, 0) is 77.2 Å². The van der Waals surface area contributed by atoms with Crippen LogP contribution in [0.4, 0.5) is 5.69 Å². The molecule has 0 saturated heterocycles. The van der Waals surface area contributed by atoms with E-state index in [1.54, 1.807) is 0 Å². The Morgan fingerprint density at radius 2 is 1.74 bits per heavy atom. The Balaban J connectivity index is 1.68. The van der Waals surface area contributed by atoms with Gasteiger partial charge in [-0.1, -0.05) is 26.3 Å². The first-order chi connectivity index (χ1) is 13.1. The molecule has 0 heterocycles. The highest BCUT2D eigenvalue weighted by molar-refractivity contribution is 9.10. The van der Waals surface area contributed by atoms with Crippen molar-refractivity contribution in [3.05, 3.63) is 52.5 Å². The van der Waals surface area contributed by atoms with E-state index in [1.807, 2.05) is 30.3 Å². The van der Waals surface area contributed by atoms with Crippen molar-refractivity contribution < 1.29 is 14.3 Å². The maximum atomic E-state index is 12.1. The summed E-state index contributed by atoms with van der Waals surface area (Å²) in [6, 6.07) is 13.6. The van der Waals surface area contributed by atoms with Crippen molar-refractivity contribution in [1.29, 1.82) is 0 Å². The topological polar surface area (TPSA) is 47.6 Å². The molecule has 0 bridgehead atoms. The second kappa shape index (κ2) is 11.7. The first-order valence-corrected chi connectivity index (χ1v) is 10.4. The highest BCUT2D eigenvalue weighted by Gasteiger charge is 2.05. The maximum absolute atomic E-state index is 12.1. The van der Waals surface area contributed by atoms with Crippen LogP contribution in [0.2, 0.25) is 0 Å². The van der Waals surface area contributed by atoms with Gasteiger partial charge in [-0.3, -0.25) is 4.79 Å². The molecule has 2 aromatic rings. The van der Waals surface area contributed by atoms with Crippen LogP contribution in [0, 0.1) is 0 Å². The lowest BCUT2D eigenvalue weighted by Crippen LogP contribution is -2.12. The van der Waals surface area contributed by atoms with Crippen LogP contribution in [-0.4, -0.2) is 19.1 Å². The van der Waals surface area contributed by atoms with E-state index in [9.17, 15) is 4.79 Å². The molecule has 2 rings (SSSR count). The lowest BCUT2D eigenvalue weighted by molar-refractivity contribution is -0.116. The van der Waals surface area contributed by atoms with E-state index in [1.165, 1.54) is 5.56 Å². The summed E-state index contributed by atoms with van der Waals surface area (Å²) in [4.78, 5) is 12.1. The highest BCUT2D eigenvalue weighted by Crippen LogP contribution is 2.26. The fourth-order valence-electron chi connectivity index (χ4n) is 2.49. The molecular weight excluding hydrogens is 406 g/mol. The molecular formula is C22H28BrNO3. The van der Waals surface area contributed by atoms with Gasteiger partial charge in [0.25, 0.3) is 0 Å². The van der Waals surface area contributed by atoms with Crippen LogP contribution in [0.3, 0.4) is 0 Å². The molecule has 0 aliphatic rings. The van der Waals surface area contributed by atoms with Crippen molar-refractivity contribution in [1.82, 2.24) is 0 Å². The maximum Gasteiger partial charge on any atom is 0.224 e. The molecule has 0 atom stereocenters. The minimum absolute atomic E-state index is 0.0151. The smallest absolute Gasteiger partial charge is 0.224 e. The van der Waals surface area contributed by atoms with Gasteiger partial charge in [-0.2, -0.15) is 0 Å². The number of carbonyl (C=O) groups is 1. The first kappa shape index (κ1) is 21.3. The Morgan fingerprint density at radius 1 is 1.00 bits per heavy atom. The Labute approximate surface area is 170 Å². The highest BCUT2D eigenvalue weighted by atomic mass is 79.9. The second-order valence-corrected chi connectivity index (χ2v) is 7.20. The summed E-state index contributed by atoms with van der Waals surface area (Å²) in [6.07, 6.45) is 4.22. The Hall–Kier alpha value is -2.01. The summed E-state index contributed by atoms with van der Waals surface area (Å²) in [5.74, 6) is 1.62.